The van der Waals surface area contributed by atoms with Gasteiger partial charge in [-0.05, 0) is 23.3 Å². The topological polar surface area (TPSA) is 66.6 Å². The molecule has 0 spiro atoms. The Bertz CT molecular complexity index is 994. The minimum Gasteiger partial charge on any atom is -0.335 e. The van der Waals surface area contributed by atoms with E-state index in [1.165, 1.54) is 5.56 Å². The number of benzene rings is 3. The van der Waals surface area contributed by atoms with Gasteiger partial charge in [0.1, 0.15) is 6.29 Å². The van der Waals surface area contributed by atoms with E-state index in [4.69, 9.17) is 5.73 Å². The third-order valence-corrected chi connectivity index (χ3v) is 5.78. The Labute approximate surface area is 183 Å². The first-order valence-electron chi connectivity index (χ1n) is 10.6. The number of likely N-dealkylation sites (tertiary alicyclic amines) is 2. The maximum absolute atomic E-state index is 12.5. The molecular weight excluding hydrogens is 386 g/mol. The summed E-state index contributed by atoms with van der Waals surface area (Å²) >= 11 is 0. The molecule has 5 rings (SSSR count). The van der Waals surface area contributed by atoms with Crippen molar-refractivity contribution in [2.45, 2.75) is 12.1 Å². The summed E-state index contributed by atoms with van der Waals surface area (Å²) in [6.45, 7) is 3.59. The van der Waals surface area contributed by atoms with Gasteiger partial charge in [0.05, 0.1) is 0 Å². The van der Waals surface area contributed by atoms with Crippen molar-refractivity contribution in [3.63, 3.8) is 0 Å². The van der Waals surface area contributed by atoms with Crippen LogP contribution in [0.25, 0.3) is 11.1 Å². The Morgan fingerprint density at radius 2 is 1.32 bits per heavy atom. The number of nitrogens with two attached hydrogens (primary N) is 1. The third-order valence-electron chi connectivity index (χ3n) is 5.78. The standard InChI is InChI=1S/C19H21N3O.C7H6O/c20-17-10-21(11-17)18-12-22(13-18)19(23)16-8-6-15(7-9-16)14-4-2-1-3-5-14;8-6-7-4-2-1-3-5-7/h1-9,17-18H,10-13,20H2;1-6H. The van der Waals surface area contributed by atoms with Gasteiger partial charge in [0.15, 0.2) is 0 Å². The molecule has 3 aromatic rings. The van der Waals surface area contributed by atoms with Crippen LogP contribution in [0.3, 0.4) is 0 Å². The molecule has 1 amide bonds. The fraction of sp³-hybridized carbons (Fsp3) is 0.231. The van der Waals surface area contributed by atoms with E-state index in [1.807, 2.05) is 65.6 Å². The highest BCUT2D eigenvalue weighted by Gasteiger charge is 2.39. The molecule has 0 radical (unpaired) electrons. The quantitative estimate of drug-likeness (QED) is 0.667. The van der Waals surface area contributed by atoms with E-state index in [2.05, 4.69) is 17.0 Å². The zero-order valence-corrected chi connectivity index (χ0v) is 17.4. The van der Waals surface area contributed by atoms with E-state index in [0.29, 0.717) is 12.1 Å². The van der Waals surface area contributed by atoms with Crippen molar-refractivity contribution in [2.75, 3.05) is 26.2 Å². The zero-order valence-electron chi connectivity index (χ0n) is 17.4. The van der Waals surface area contributed by atoms with Gasteiger partial charge in [-0.2, -0.15) is 0 Å². The molecule has 158 valence electrons. The van der Waals surface area contributed by atoms with Crippen molar-refractivity contribution in [3.8, 4) is 11.1 Å². The molecular formula is C26H27N3O2. The summed E-state index contributed by atoms with van der Waals surface area (Å²) in [6, 6.07) is 28.0. The number of nitrogens with zero attached hydrogens (tertiary/aromatic N) is 2. The van der Waals surface area contributed by atoms with E-state index in [9.17, 15) is 9.59 Å². The predicted molar refractivity (Wildman–Crippen MR) is 123 cm³/mol. The van der Waals surface area contributed by atoms with Crippen LogP contribution in [0, 0.1) is 0 Å². The Balaban J connectivity index is 0.000000245. The van der Waals surface area contributed by atoms with Crippen LogP contribution in [0.1, 0.15) is 20.7 Å². The van der Waals surface area contributed by atoms with Crippen LogP contribution >= 0.6 is 0 Å². The molecule has 0 aromatic heterocycles. The summed E-state index contributed by atoms with van der Waals surface area (Å²) in [5.41, 5.74) is 9.62. The first kappa shape index (κ1) is 21.0. The molecule has 0 aliphatic carbocycles. The van der Waals surface area contributed by atoms with Crippen LogP contribution in [0.5, 0.6) is 0 Å². The van der Waals surface area contributed by atoms with E-state index < -0.39 is 0 Å². The second-order valence-corrected chi connectivity index (χ2v) is 8.05. The van der Waals surface area contributed by atoms with E-state index in [1.54, 1.807) is 12.1 Å². The maximum atomic E-state index is 12.5. The lowest BCUT2D eigenvalue weighted by molar-refractivity contribution is -0.00376. The smallest absolute Gasteiger partial charge is 0.253 e. The minimum absolute atomic E-state index is 0.130. The molecule has 2 heterocycles. The van der Waals surface area contributed by atoms with Crippen molar-refractivity contribution in [1.29, 1.82) is 0 Å². The number of carbonyl (C=O) groups is 2. The van der Waals surface area contributed by atoms with Gasteiger partial charge in [-0.1, -0.05) is 72.8 Å². The molecule has 5 heteroatoms. The average Bonchev–Trinajstić information content (AvgIpc) is 2.78. The van der Waals surface area contributed by atoms with Gasteiger partial charge < -0.3 is 10.6 Å². The van der Waals surface area contributed by atoms with Crippen molar-refractivity contribution in [3.05, 3.63) is 96.1 Å². The zero-order chi connectivity index (χ0) is 21.6. The van der Waals surface area contributed by atoms with Crippen molar-refractivity contribution in [1.82, 2.24) is 9.80 Å². The molecule has 31 heavy (non-hydrogen) atoms. The summed E-state index contributed by atoms with van der Waals surface area (Å²) in [5, 5.41) is 0. The van der Waals surface area contributed by atoms with Gasteiger partial charge in [0.25, 0.3) is 5.91 Å². The SMILES string of the molecule is NC1CN(C2CN(C(=O)c3ccc(-c4ccccc4)cc3)C2)C1.O=Cc1ccccc1. The Kier molecular flexibility index (Phi) is 6.55. The highest BCUT2D eigenvalue weighted by atomic mass is 16.2. The third kappa shape index (κ3) is 5.08. The first-order chi connectivity index (χ1) is 15.1. The summed E-state index contributed by atoms with van der Waals surface area (Å²) in [6.07, 6.45) is 0.833. The Morgan fingerprint density at radius 3 is 1.84 bits per heavy atom. The summed E-state index contributed by atoms with van der Waals surface area (Å²) < 4.78 is 0. The van der Waals surface area contributed by atoms with Crippen LogP contribution in [0.2, 0.25) is 0 Å². The van der Waals surface area contributed by atoms with Gasteiger partial charge in [0, 0.05) is 49.4 Å². The van der Waals surface area contributed by atoms with E-state index in [0.717, 1.165) is 49.2 Å². The molecule has 2 saturated heterocycles. The number of aldehydes is 1. The van der Waals surface area contributed by atoms with Gasteiger partial charge >= 0.3 is 0 Å². The Morgan fingerprint density at radius 1 is 0.774 bits per heavy atom. The molecule has 2 aliphatic heterocycles. The largest absolute Gasteiger partial charge is 0.335 e. The van der Waals surface area contributed by atoms with Crippen LogP contribution in [-0.2, 0) is 0 Å². The fourth-order valence-electron chi connectivity index (χ4n) is 3.85. The van der Waals surface area contributed by atoms with Crippen LogP contribution in [-0.4, -0.2) is 60.3 Å². The van der Waals surface area contributed by atoms with E-state index >= 15 is 0 Å². The Hall–Kier alpha value is -3.28. The second-order valence-electron chi connectivity index (χ2n) is 8.05. The summed E-state index contributed by atoms with van der Waals surface area (Å²) in [7, 11) is 0. The van der Waals surface area contributed by atoms with Gasteiger partial charge in [-0.25, -0.2) is 0 Å². The lowest BCUT2D eigenvalue weighted by atomic mass is 9.98. The molecule has 0 saturated carbocycles. The summed E-state index contributed by atoms with van der Waals surface area (Å²) in [5.74, 6) is 0.130. The molecule has 5 nitrogen and oxygen atoms in total. The lowest BCUT2D eigenvalue weighted by Gasteiger charge is -2.51. The van der Waals surface area contributed by atoms with Crippen molar-refractivity contribution < 1.29 is 9.59 Å². The number of hydrogen-bond acceptors (Lipinski definition) is 4. The highest BCUT2D eigenvalue weighted by molar-refractivity contribution is 5.95. The molecule has 2 aliphatic rings. The van der Waals surface area contributed by atoms with Gasteiger partial charge in [-0.15, -0.1) is 0 Å². The first-order valence-corrected chi connectivity index (χ1v) is 10.6. The predicted octanol–water partition coefficient (Wildman–Crippen LogP) is 3.32. The minimum atomic E-state index is 0.130. The average molecular weight is 414 g/mol. The normalized spacial score (nSPS) is 16.5. The molecule has 0 bridgehead atoms. The molecule has 0 unspecified atom stereocenters. The highest BCUT2D eigenvalue weighted by Crippen LogP contribution is 2.24. The van der Waals surface area contributed by atoms with Gasteiger partial charge in [0.2, 0.25) is 0 Å². The number of hydrogen-bond donors (Lipinski definition) is 1. The van der Waals surface area contributed by atoms with Crippen LogP contribution in [0.4, 0.5) is 0 Å². The van der Waals surface area contributed by atoms with Crippen LogP contribution in [0.15, 0.2) is 84.9 Å². The summed E-state index contributed by atoms with van der Waals surface area (Å²) in [4.78, 5) is 26.8. The maximum Gasteiger partial charge on any atom is 0.253 e. The molecule has 2 fully saturated rings. The van der Waals surface area contributed by atoms with Crippen molar-refractivity contribution in [2.24, 2.45) is 5.73 Å². The molecule has 0 atom stereocenters. The molecule has 3 aromatic carbocycles. The second kappa shape index (κ2) is 9.69. The van der Waals surface area contributed by atoms with Crippen LogP contribution < -0.4 is 5.73 Å². The molecule has 2 N–H and O–H groups in total. The van der Waals surface area contributed by atoms with Crippen molar-refractivity contribution >= 4 is 12.2 Å². The lowest BCUT2D eigenvalue weighted by Crippen LogP contribution is -2.69. The van der Waals surface area contributed by atoms with E-state index in [-0.39, 0.29) is 5.91 Å². The van der Waals surface area contributed by atoms with Gasteiger partial charge in [-0.3, -0.25) is 14.5 Å². The number of amides is 1. The fourth-order valence-corrected chi connectivity index (χ4v) is 3.85. The number of carbonyl (C=O) groups excluding carboxylic acids is 2. The number of rotatable bonds is 4. The monoisotopic (exact) mass is 413 g/mol.